The minimum absolute atomic E-state index is 0.163. The molecule has 3 aromatic rings. The number of imide groups is 1. The maximum Gasteiger partial charge on any atom is 0.294 e. The zero-order valence-electron chi connectivity index (χ0n) is 19.9. The van der Waals surface area contributed by atoms with E-state index in [1.165, 1.54) is 31.4 Å². The molecule has 190 valence electrons. The van der Waals surface area contributed by atoms with Gasteiger partial charge in [-0.3, -0.25) is 19.3 Å². The Balaban J connectivity index is 1.46. The van der Waals surface area contributed by atoms with E-state index < -0.39 is 29.4 Å². The van der Waals surface area contributed by atoms with Gasteiger partial charge in [0.25, 0.3) is 11.1 Å². The predicted octanol–water partition coefficient (Wildman–Crippen LogP) is 6.16. The highest BCUT2D eigenvalue weighted by molar-refractivity contribution is 9.10. The summed E-state index contributed by atoms with van der Waals surface area (Å²) >= 11 is 4.23. The average Bonchev–Trinajstić information content (AvgIpc) is 3.13. The van der Waals surface area contributed by atoms with Crippen LogP contribution in [0.1, 0.15) is 16.7 Å². The van der Waals surface area contributed by atoms with Gasteiger partial charge in [-0.2, -0.15) is 0 Å². The number of thioether (sulfide) groups is 1. The molecule has 3 aromatic carbocycles. The molecule has 0 aliphatic carbocycles. The van der Waals surface area contributed by atoms with Crippen LogP contribution in [0.5, 0.6) is 11.5 Å². The van der Waals surface area contributed by atoms with E-state index in [4.69, 9.17) is 9.47 Å². The van der Waals surface area contributed by atoms with Gasteiger partial charge in [-0.15, -0.1) is 0 Å². The number of ether oxygens (including phenoxy) is 2. The van der Waals surface area contributed by atoms with Gasteiger partial charge in [-0.05, 0) is 72.3 Å². The first-order valence-electron chi connectivity index (χ1n) is 11.1. The summed E-state index contributed by atoms with van der Waals surface area (Å²) in [6, 6.07) is 16.6. The Bertz CT molecular complexity index is 1380. The first kappa shape index (κ1) is 26.4. The zero-order chi connectivity index (χ0) is 26.5. The minimum atomic E-state index is -0.588. The molecule has 0 unspecified atom stereocenters. The van der Waals surface area contributed by atoms with Crippen LogP contribution in [0, 0.1) is 12.7 Å². The molecule has 4 rings (SSSR count). The van der Waals surface area contributed by atoms with E-state index >= 15 is 0 Å². The van der Waals surface area contributed by atoms with E-state index in [1.807, 2.05) is 31.2 Å². The molecule has 0 spiro atoms. The number of anilines is 1. The number of carbonyl (C=O) groups excluding carboxylic acids is 3. The molecule has 1 heterocycles. The SMILES string of the molecule is COc1cc(/C=C2\SC(=O)N(CC(=O)Nc3ccc(F)cc3)C2=O)c(Br)cc1OCc1ccc(C)cc1. The third kappa shape index (κ3) is 6.58. The van der Waals surface area contributed by atoms with Crippen LogP contribution >= 0.6 is 27.7 Å². The van der Waals surface area contributed by atoms with E-state index in [0.29, 0.717) is 33.8 Å². The van der Waals surface area contributed by atoms with Crippen molar-refractivity contribution in [2.24, 2.45) is 0 Å². The van der Waals surface area contributed by atoms with Gasteiger partial charge < -0.3 is 14.8 Å². The van der Waals surface area contributed by atoms with E-state index in [9.17, 15) is 18.8 Å². The average molecular weight is 585 g/mol. The highest BCUT2D eigenvalue weighted by Crippen LogP contribution is 2.38. The smallest absolute Gasteiger partial charge is 0.294 e. The van der Waals surface area contributed by atoms with Crippen molar-refractivity contribution in [2.45, 2.75) is 13.5 Å². The summed E-state index contributed by atoms with van der Waals surface area (Å²) in [5, 5.41) is 1.98. The Morgan fingerprint density at radius 1 is 1.08 bits per heavy atom. The Kier molecular flexibility index (Phi) is 8.30. The lowest BCUT2D eigenvalue weighted by atomic mass is 10.1. The van der Waals surface area contributed by atoms with Crippen molar-refractivity contribution in [1.29, 1.82) is 0 Å². The van der Waals surface area contributed by atoms with Gasteiger partial charge in [0.15, 0.2) is 11.5 Å². The molecule has 3 amide bonds. The third-order valence-corrected chi connectivity index (χ3v) is 6.98. The van der Waals surface area contributed by atoms with Crippen LogP contribution < -0.4 is 14.8 Å². The van der Waals surface area contributed by atoms with E-state index in [1.54, 1.807) is 18.2 Å². The van der Waals surface area contributed by atoms with Crippen LogP contribution in [0.3, 0.4) is 0 Å². The standard InChI is InChI=1S/C27H22BrFN2O5S/c1-16-3-5-17(6-4-16)15-36-23-13-21(28)18(11-22(23)35-2)12-24-26(33)31(27(34)37-24)14-25(32)30-20-9-7-19(29)8-10-20/h3-13H,14-15H2,1-2H3,(H,30,32)/b24-12-. The zero-order valence-corrected chi connectivity index (χ0v) is 22.3. The van der Waals surface area contributed by atoms with Crippen LogP contribution in [0.25, 0.3) is 6.08 Å². The predicted molar refractivity (Wildman–Crippen MR) is 144 cm³/mol. The van der Waals surface area contributed by atoms with Crippen molar-refractivity contribution in [2.75, 3.05) is 19.0 Å². The van der Waals surface area contributed by atoms with E-state index in [-0.39, 0.29) is 4.91 Å². The van der Waals surface area contributed by atoms with Gasteiger partial charge in [0.2, 0.25) is 5.91 Å². The van der Waals surface area contributed by atoms with Crippen molar-refractivity contribution in [3.63, 3.8) is 0 Å². The summed E-state index contributed by atoms with van der Waals surface area (Å²) in [4.78, 5) is 38.7. The largest absolute Gasteiger partial charge is 0.493 e. The van der Waals surface area contributed by atoms with Gasteiger partial charge in [0.1, 0.15) is 19.0 Å². The number of rotatable bonds is 8. The van der Waals surface area contributed by atoms with Crippen LogP contribution in [0.2, 0.25) is 0 Å². The third-order valence-electron chi connectivity index (χ3n) is 5.39. The molecule has 1 N–H and O–H groups in total. The summed E-state index contributed by atoms with van der Waals surface area (Å²) in [6.07, 6.45) is 1.55. The molecule has 1 aliphatic rings. The molecule has 1 fully saturated rings. The number of amides is 3. The number of aryl methyl sites for hydroxylation is 1. The molecule has 0 atom stereocenters. The molecule has 0 bridgehead atoms. The molecule has 1 saturated heterocycles. The maximum atomic E-state index is 13.1. The molecular formula is C27H22BrFN2O5S. The topological polar surface area (TPSA) is 84.9 Å². The Morgan fingerprint density at radius 3 is 2.46 bits per heavy atom. The summed E-state index contributed by atoms with van der Waals surface area (Å²) < 4.78 is 25.1. The number of halogens is 2. The maximum absolute atomic E-state index is 13.1. The normalized spacial score (nSPS) is 14.3. The molecule has 37 heavy (non-hydrogen) atoms. The quantitative estimate of drug-likeness (QED) is 0.319. The van der Waals surface area contributed by atoms with Crippen molar-refractivity contribution < 1.29 is 28.2 Å². The first-order valence-corrected chi connectivity index (χ1v) is 12.7. The summed E-state index contributed by atoms with van der Waals surface area (Å²) in [6.45, 7) is 1.90. The number of hydrogen-bond donors (Lipinski definition) is 1. The molecule has 7 nitrogen and oxygen atoms in total. The second-order valence-corrected chi connectivity index (χ2v) is 9.97. The number of carbonyl (C=O) groups is 3. The number of methoxy groups -OCH3 is 1. The van der Waals surface area contributed by atoms with Crippen molar-refractivity contribution in [3.8, 4) is 11.5 Å². The molecule has 0 aromatic heterocycles. The van der Waals surface area contributed by atoms with Gasteiger partial charge in [-0.25, -0.2) is 4.39 Å². The van der Waals surface area contributed by atoms with Crippen LogP contribution in [0.15, 0.2) is 70.0 Å². The highest BCUT2D eigenvalue weighted by Gasteiger charge is 2.36. The Morgan fingerprint density at radius 2 is 1.78 bits per heavy atom. The second kappa shape index (κ2) is 11.6. The van der Waals surface area contributed by atoms with E-state index in [2.05, 4.69) is 21.2 Å². The fraction of sp³-hybridized carbons (Fsp3) is 0.148. The highest BCUT2D eigenvalue weighted by atomic mass is 79.9. The van der Waals surface area contributed by atoms with Gasteiger partial charge in [-0.1, -0.05) is 45.8 Å². The second-order valence-electron chi connectivity index (χ2n) is 8.12. The summed E-state index contributed by atoms with van der Waals surface area (Å²) in [5.74, 6) is -0.636. The number of nitrogens with one attached hydrogen (secondary N) is 1. The lowest BCUT2D eigenvalue weighted by molar-refractivity contribution is -0.127. The Labute approximate surface area is 225 Å². The van der Waals surface area contributed by atoms with Crippen LogP contribution in [0.4, 0.5) is 14.9 Å². The molecule has 0 radical (unpaired) electrons. The lowest BCUT2D eigenvalue weighted by Gasteiger charge is -2.13. The monoisotopic (exact) mass is 584 g/mol. The molecular weight excluding hydrogens is 563 g/mol. The van der Waals surface area contributed by atoms with Crippen molar-refractivity contribution in [3.05, 3.63) is 92.5 Å². The van der Waals surface area contributed by atoms with Crippen molar-refractivity contribution >= 4 is 56.5 Å². The minimum Gasteiger partial charge on any atom is -0.493 e. The fourth-order valence-electron chi connectivity index (χ4n) is 3.43. The number of nitrogens with zero attached hydrogens (tertiary/aromatic N) is 1. The summed E-state index contributed by atoms with van der Waals surface area (Å²) in [5.41, 5.74) is 3.12. The number of benzene rings is 3. The van der Waals surface area contributed by atoms with Crippen molar-refractivity contribution in [1.82, 2.24) is 4.90 Å². The molecule has 10 heteroatoms. The summed E-state index contributed by atoms with van der Waals surface area (Å²) in [7, 11) is 1.51. The first-order chi connectivity index (χ1) is 17.7. The van der Waals surface area contributed by atoms with Crippen LogP contribution in [-0.2, 0) is 16.2 Å². The Hall–Kier alpha value is -3.63. The number of hydrogen-bond acceptors (Lipinski definition) is 6. The van der Waals surface area contributed by atoms with Gasteiger partial charge in [0.05, 0.1) is 12.0 Å². The van der Waals surface area contributed by atoms with Gasteiger partial charge >= 0.3 is 0 Å². The van der Waals surface area contributed by atoms with Crippen LogP contribution in [-0.4, -0.2) is 35.6 Å². The molecule has 1 aliphatic heterocycles. The lowest BCUT2D eigenvalue weighted by Crippen LogP contribution is -2.36. The van der Waals surface area contributed by atoms with Gasteiger partial charge in [0, 0.05) is 10.2 Å². The fourth-order valence-corrected chi connectivity index (χ4v) is 4.70. The van der Waals surface area contributed by atoms with E-state index in [0.717, 1.165) is 27.8 Å². The molecule has 0 saturated carbocycles.